The Morgan fingerprint density at radius 2 is 1.71 bits per heavy atom. The predicted molar refractivity (Wildman–Crippen MR) is 141 cm³/mol. The summed E-state index contributed by atoms with van der Waals surface area (Å²) in [6, 6.07) is 12.5. The number of aromatic nitrogens is 1. The molecule has 6 rings (SSSR count). The molecule has 2 unspecified atom stereocenters. The average Bonchev–Trinajstić information content (AvgIpc) is 3.62. The largest absolute Gasteiger partial charge is 0.469 e. The minimum absolute atomic E-state index is 0.179. The number of imide groups is 1. The number of anilines is 2. The molecule has 0 aliphatic carbocycles. The molecule has 4 heterocycles. The highest BCUT2D eigenvalue weighted by molar-refractivity contribution is 8.00. The standard InChI is InChI=1S/C27H17F4N3O5S2/c28-13-7-9-14(10-8-13)34-23(36)20-19(17-6-3-11-39-17)22-25(40-21(20)24(34)37)33(26(38)41-22)12-18(35)32-16-5-2-1-4-15(16)27(29,30)31/h1-11,19-21H,12H2,(H,32,35)/t19-,20?,21?/m1/s1. The number of alkyl halides is 3. The number of furan rings is 1. The molecule has 1 N–H and O–H groups in total. The second kappa shape index (κ2) is 10.0. The van der Waals surface area contributed by atoms with Crippen LogP contribution in [-0.4, -0.2) is 27.5 Å². The lowest BCUT2D eigenvalue weighted by atomic mass is 9.87. The normalized spacial score (nSPS) is 20.2. The molecule has 3 amide bonds. The Morgan fingerprint density at radius 1 is 0.976 bits per heavy atom. The molecule has 41 heavy (non-hydrogen) atoms. The van der Waals surface area contributed by atoms with Gasteiger partial charge in [0.2, 0.25) is 17.7 Å². The zero-order valence-corrected chi connectivity index (χ0v) is 22.2. The zero-order chi connectivity index (χ0) is 29.1. The smallest absolute Gasteiger partial charge is 0.418 e. The van der Waals surface area contributed by atoms with Crippen LogP contribution in [0.2, 0.25) is 0 Å². The SMILES string of the molecule is O=C(Cn1c2c(sc1=O)[C@H](c1ccco1)C1C(=O)N(c3ccc(F)cc3)C(=O)C1S2)Nc1ccccc1C(F)(F)F. The molecule has 14 heteroatoms. The minimum atomic E-state index is -4.71. The number of hydrogen-bond donors (Lipinski definition) is 1. The van der Waals surface area contributed by atoms with E-state index >= 15 is 0 Å². The average molecular weight is 604 g/mol. The molecular formula is C27H17F4N3O5S2. The van der Waals surface area contributed by atoms with E-state index in [9.17, 15) is 36.7 Å². The maximum atomic E-state index is 13.7. The van der Waals surface area contributed by atoms with E-state index in [1.54, 1.807) is 12.1 Å². The molecule has 4 aromatic rings. The summed E-state index contributed by atoms with van der Waals surface area (Å²) in [6.07, 6.45) is -3.33. The van der Waals surface area contributed by atoms with Crippen molar-refractivity contribution < 1.29 is 36.4 Å². The van der Waals surface area contributed by atoms with Crippen molar-refractivity contribution in [2.75, 3.05) is 10.2 Å². The monoisotopic (exact) mass is 603 g/mol. The second-order valence-corrected chi connectivity index (χ2v) is 11.4. The van der Waals surface area contributed by atoms with E-state index in [1.807, 2.05) is 0 Å². The number of rotatable bonds is 5. The Morgan fingerprint density at radius 3 is 2.39 bits per heavy atom. The molecule has 1 saturated heterocycles. The van der Waals surface area contributed by atoms with Crippen LogP contribution in [0.1, 0.15) is 22.1 Å². The van der Waals surface area contributed by atoms with Gasteiger partial charge in [-0.15, -0.1) is 0 Å². The van der Waals surface area contributed by atoms with Crippen LogP contribution in [0.4, 0.5) is 28.9 Å². The van der Waals surface area contributed by atoms with Crippen LogP contribution >= 0.6 is 23.1 Å². The lowest BCUT2D eigenvalue weighted by Crippen LogP contribution is -2.32. The van der Waals surface area contributed by atoms with Gasteiger partial charge in [0.15, 0.2) is 0 Å². The van der Waals surface area contributed by atoms with E-state index in [2.05, 4.69) is 5.32 Å². The molecule has 0 saturated carbocycles. The summed E-state index contributed by atoms with van der Waals surface area (Å²) in [5.41, 5.74) is -1.33. The fourth-order valence-electron chi connectivity index (χ4n) is 5.05. The van der Waals surface area contributed by atoms with E-state index in [4.69, 9.17) is 4.42 Å². The minimum Gasteiger partial charge on any atom is -0.469 e. The Kier molecular flexibility index (Phi) is 6.61. The van der Waals surface area contributed by atoms with Gasteiger partial charge in [-0.25, -0.2) is 9.29 Å². The molecule has 1 fully saturated rings. The van der Waals surface area contributed by atoms with Crippen LogP contribution < -0.4 is 15.1 Å². The molecule has 2 aliphatic rings. The van der Waals surface area contributed by atoms with Crippen molar-refractivity contribution in [3.05, 3.63) is 98.6 Å². The Hall–Kier alpha value is -4.17. The van der Waals surface area contributed by atoms with Gasteiger partial charge in [-0.1, -0.05) is 35.2 Å². The summed E-state index contributed by atoms with van der Waals surface area (Å²) in [7, 11) is 0. The Balaban J connectivity index is 1.37. The zero-order valence-electron chi connectivity index (χ0n) is 20.6. The quantitative estimate of drug-likeness (QED) is 0.252. The van der Waals surface area contributed by atoms with Gasteiger partial charge >= 0.3 is 11.0 Å². The van der Waals surface area contributed by atoms with Crippen LogP contribution in [0.25, 0.3) is 0 Å². The van der Waals surface area contributed by atoms with Crippen molar-refractivity contribution >= 4 is 52.2 Å². The molecule has 2 aromatic heterocycles. The van der Waals surface area contributed by atoms with Gasteiger partial charge in [0.05, 0.1) is 44.9 Å². The number of nitrogens with one attached hydrogen (secondary N) is 1. The third kappa shape index (κ3) is 4.66. The van der Waals surface area contributed by atoms with Crippen molar-refractivity contribution in [3.63, 3.8) is 0 Å². The first kappa shape index (κ1) is 27.0. The molecule has 2 aliphatic heterocycles. The predicted octanol–water partition coefficient (Wildman–Crippen LogP) is 5.10. The highest BCUT2D eigenvalue weighted by Crippen LogP contribution is 2.54. The molecule has 3 atom stereocenters. The first-order valence-corrected chi connectivity index (χ1v) is 13.8. The van der Waals surface area contributed by atoms with Gasteiger partial charge in [-0.05, 0) is 48.5 Å². The van der Waals surface area contributed by atoms with Gasteiger partial charge in [0.25, 0.3) is 0 Å². The summed E-state index contributed by atoms with van der Waals surface area (Å²) >= 11 is 1.70. The van der Waals surface area contributed by atoms with Crippen LogP contribution in [0, 0.1) is 11.7 Å². The topological polar surface area (TPSA) is 102 Å². The van der Waals surface area contributed by atoms with Crippen molar-refractivity contribution in [3.8, 4) is 0 Å². The number of hydrogen-bond acceptors (Lipinski definition) is 7. The van der Waals surface area contributed by atoms with Gasteiger partial charge in [-0.2, -0.15) is 13.2 Å². The highest BCUT2D eigenvalue weighted by atomic mass is 32.2. The number of para-hydroxylation sites is 1. The number of carbonyl (C=O) groups is 3. The van der Waals surface area contributed by atoms with E-state index in [1.165, 1.54) is 30.5 Å². The van der Waals surface area contributed by atoms with Crippen molar-refractivity contribution in [2.24, 2.45) is 5.92 Å². The fraction of sp³-hybridized carbons (Fsp3) is 0.185. The highest BCUT2D eigenvalue weighted by Gasteiger charge is 2.57. The number of thioether (sulfide) groups is 1. The molecular weight excluding hydrogens is 586 g/mol. The van der Waals surface area contributed by atoms with Gasteiger partial charge < -0.3 is 9.73 Å². The summed E-state index contributed by atoms with van der Waals surface area (Å²) in [6.45, 7) is -0.629. The molecule has 210 valence electrons. The lowest BCUT2D eigenvalue weighted by molar-refractivity contribution is -0.137. The molecule has 8 nitrogen and oxygen atoms in total. The number of fused-ring (bicyclic) bond motifs is 2. The third-order valence-corrected chi connectivity index (χ3v) is 9.40. The van der Waals surface area contributed by atoms with E-state index in [0.29, 0.717) is 10.6 Å². The lowest BCUT2D eigenvalue weighted by Gasteiger charge is -2.29. The first-order chi connectivity index (χ1) is 19.5. The van der Waals surface area contributed by atoms with Crippen LogP contribution in [0.3, 0.4) is 0 Å². The van der Waals surface area contributed by atoms with Gasteiger partial charge in [0.1, 0.15) is 23.4 Å². The molecule has 0 radical (unpaired) electrons. The Labute approximate surface area is 236 Å². The number of nitrogens with zero attached hydrogens (tertiary/aromatic N) is 2. The summed E-state index contributed by atoms with van der Waals surface area (Å²) in [5.74, 6) is -4.07. The number of halogens is 4. The maximum absolute atomic E-state index is 13.7. The first-order valence-electron chi connectivity index (χ1n) is 12.1. The molecule has 0 bridgehead atoms. The summed E-state index contributed by atoms with van der Waals surface area (Å²) < 4.78 is 60.4. The summed E-state index contributed by atoms with van der Waals surface area (Å²) in [4.78, 5) is 54.0. The van der Waals surface area contributed by atoms with Crippen LogP contribution in [-0.2, 0) is 27.1 Å². The van der Waals surface area contributed by atoms with Crippen molar-refractivity contribution in [1.82, 2.24) is 4.57 Å². The molecule has 2 aromatic carbocycles. The number of amides is 3. The van der Waals surface area contributed by atoms with E-state index < -0.39 is 69.5 Å². The van der Waals surface area contributed by atoms with E-state index in [0.717, 1.165) is 56.8 Å². The third-order valence-electron chi connectivity index (χ3n) is 6.79. The van der Waals surface area contributed by atoms with Gasteiger partial charge in [0, 0.05) is 0 Å². The van der Waals surface area contributed by atoms with Crippen LogP contribution in [0.5, 0.6) is 0 Å². The number of carbonyl (C=O) groups excluding carboxylic acids is 3. The van der Waals surface area contributed by atoms with Crippen molar-refractivity contribution in [2.45, 2.75) is 28.9 Å². The van der Waals surface area contributed by atoms with E-state index in [-0.39, 0.29) is 10.7 Å². The molecule has 0 spiro atoms. The number of thiazole rings is 1. The second-order valence-electron chi connectivity index (χ2n) is 9.26. The maximum Gasteiger partial charge on any atom is 0.418 e. The Bertz CT molecular complexity index is 1730. The number of benzene rings is 2. The van der Waals surface area contributed by atoms with Gasteiger partial charge in [-0.3, -0.25) is 23.7 Å². The van der Waals surface area contributed by atoms with Crippen LogP contribution in [0.15, 0.2) is 81.2 Å². The summed E-state index contributed by atoms with van der Waals surface area (Å²) in [5, 5.41) is 1.45. The fourth-order valence-corrected chi connectivity index (χ4v) is 7.80. The van der Waals surface area contributed by atoms with Crippen molar-refractivity contribution in [1.29, 1.82) is 0 Å².